The first-order valence-corrected chi connectivity index (χ1v) is 5.56. The lowest BCUT2D eigenvalue weighted by Crippen LogP contribution is -2.01. The molecule has 0 atom stereocenters. The topological polar surface area (TPSA) is 12.0 Å². The quantitative estimate of drug-likeness (QED) is 0.874. The summed E-state index contributed by atoms with van der Waals surface area (Å²) < 4.78 is 39.0. The van der Waals surface area contributed by atoms with Gasteiger partial charge in [-0.1, -0.05) is 11.6 Å². The maximum absolute atomic E-state index is 13.1. The molecule has 1 nitrogen and oxygen atoms in total. The fourth-order valence-electron chi connectivity index (χ4n) is 1.52. The van der Waals surface area contributed by atoms with Gasteiger partial charge in [-0.05, 0) is 35.9 Å². The van der Waals surface area contributed by atoms with E-state index in [0.717, 1.165) is 6.07 Å². The van der Waals surface area contributed by atoms with Crippen LogP contribution in [0.3, 0.4) is 0 Å². The summed E-state index contributed by atoms with van der Waals surface area (Å²) in [5.74, 6) is -1.84. The third-order valence-corrected chi connectivity index (χ3v) is 2.65. The molecular weight excluding hydrogens is 263 g/mol. The number of anilines is 1. The summed E-state index contributed by atoms with van der Waals surface area (Å²) in [6, 6.07) is 7.43. The van der Waals surface area contributed by atoms with Crippen molar-refractivity contribution in [2.75, 3.05) is 5.32 Å². The molecule has 5 heteroatoms. The van der Waals surface area contributed by atoms with E-state index in [4.69, 9.17) is 11.6 Å². The van der Waals surface area contributed by atoms with E-state index in [9.17, 15) is 13.2 Å². The molecule has 2 rings (SSSR count). The molecule has 0 spiro atoms. The van der Waals surface area contributed by atoms with E-state index in [1.165, 1.54) is 24.3 Å². The van der Waals surface area contributed by atoms with Gasteiger partial charge in [-0.2, -0.15) is 0 Å². The van der Waals surface area contributed by atoms with Gasteiger partial charge in [0.1, 0.15) is 17.5 Å². The summed E-state index contributed by atoms with van der Waals surface area (Å²) in [4.78, 5) is 0. The van der Waals surface area contributed by atoms with Crippen LogP contribution in [0.15, 0.2) is 36.4 Å². The van der Waals surface area contributed by atoms with Crippen molar-refractivity contribution in [1.82, 2.24) is 0 Å². The van der Waals surface area contributed by atoms with Crippen molar-refractivity contribution in [3.05, 3.63) is 64.4 Å². The summed E-state index contributed by atoms with van der Waals surface area (Å²) in [6.07, 6.45) is 0. The predicted octanol–water partition coefficient (Wildman–Crippen LogP) is 4.37. The van der Waals surface area contributed by atoms with Crippen molar-refractivity contribution in [3.8, 4) is 0 Å². The zero-order valence-electron chi connectivity index (χ0n) is 9.18. The van der Waals surface area contributed by atoms with E-state index in [0.29, 0.717) is 11.3 Å². The molecule has 0 unspecified atom stereocenters. The average molecular weight is 272 g/mol. The second-order valence-corrected chi connectivity index (χ2v) is 4.17. The molecule has 0 aliphatic carbocycles. The molecule has 0 aromatic heterocycles. The minimum Gasteiger partial charge on any atom is -0.381 e. The number of hydrogen-bond acceptors (Lipinski definition) is 1. The van der Waals surface area contributed by atoms with Gasteiger partial charge in [-0.15, -0.1) is 0 Å². The Bertz CT molecular complexity index is 552. The number of benzene rings is 2. The van der Waals surface area contributed by atoms with E-state index < -0.39 is 17.5 Å². The molecule has 0 bridgehead atoms. The van der Waals surface area contributed by atoms with E-state index in [1.807, 2.05) is 0 Å². The van der Waals surface area contributed by atoms with Gasteiger partial charge in [-0.25, -0.2) is 13.2 Å². The fraction of sp³-hybridized carbons (Fsp3) is 0.0769. The van der Waals surface area contributed by atoms with Crippen LogP contribution < -0.4 is 5.32 Å². The summed E-state index contributed by atoms with van der Waals surface area (Å²) >= 11 is 5.54. The van der Waals surface area contributed by atoms with E-state index in [-0.39, 0.29) is 11.6 Å². The maximum Gasteiger partial charge on any atom is 0.143 e. The van der Waals surface area contributed by atoms with E-state index >= 15 is 0 Å². The highest BCUT2D eigenvalue weighted by Gasteiger charge is 2.03. The van der Waals surface area contributed by atoms with Gasteiger partial charge in [0.2, 0.25) is 0 Å². The van der Waals surface area contributed by atoms with Crippen LogP contribution in [-0.2, 0) is 6.54 Å². The van der Waals surface area contributed by atoms with Crippen LogP contribution in [0.2, 0.25) is 5.02 Å². The van der Waals surface area contributed by atoms with E-state index in [1.54, 1.807) is 6.07 Å². The van der Waals surface area contributed by atoms with Crippen LogP contribution in [0.4, 0.5) is 18.9 Å². The highest BCUT2D eigenvalue weighted by molar-refractivity contribution is 6.30. The molecule has 0 fully saturated rings. The number of halogens is 4. The molecule has 0 saturated carbocycles. The first-order valence-electron chi connectivity index (χ1n) is 5.18. The first-order chi connectivity index (χ1) is 8.54. The Hall–Kier alpha value is -1.68. The Balaban J connectivity index is 2.08. The summed E-state index contributed by atoms with van der Waals surface area (Å²) in [7, 11) is 0. The average Bonchev–Trinajstić information content (AvgIpc) is 2.29. The fourth-order valence-corrected chi connectivity index (χ4v) is 1.64. The Kier molecular flexibility index (Phi) is 3.77. The van der Waals surface area contributed by atoms with Gasteiger partial charge in [0.25, 0.3) is 0 Å². The summed E-state index contributed by atoms with van der Waals surface area (Å²) in [5.41, 5.74) is 0.921. The third kappa shape index (κ3) is 3.17. The highest BCUT2D eigenvalue weighted by Crippen LogP contribution is 2.19. The van der Waals surface area contributed by atoms with Crippen molar-refractivity contribution in [1.29, 1.82) is 0 Å². The second kappa shape index (κ2) is 5.31. The monoisotopic (exact) mass is 271 g/mol. The molecular formula is C13H9ClF3N. The van der Waals surface area contributed by atoms with Crippen LogP contribution >= 0.6 is 11.6 Å². The molecule has 94 valence electrons. The van der Waals surface area contributed by atoms with Crippen LogP contribution in [0.5, 0.6) is 0 Å². The number of hydrogen-bond donors (Lipinski definition) is 1. The molecule has 1 N–H and O–H groups in total. The lowest BCUT2D eigenvalue weighted by atomic mass is 10.2. The molecule has 0 aliphatic heterocycles. The molecule has 0 aliphatic rings. The standard InChI is InChI=1S/C13H9ClF3N/c14-12-2-1-11(6-13(12)17)18-7-8-3-9(15)5-10(16)4-8/h1-6,18H,7H2. The van der Waals surface area contributed by atoms with E-state index in [2.05, 4.69) is 5.32 Å². The first kappa shape index (κ1) is 12.8. The lowest BCUT2D eigenvalue weighted by Gasteiger charge is -2.07. The highest BCUT2D eigenvalue weighted by atomic mass is 35.5. The van der Waals surface area contributed by atoms with Gasteiger partial charge >= 0.3 is 0 Å². The van der Waals surface area contributed by atoms with Gasteiger partial charge in [0.15, 0.2) is 0 Å². The summed E-state index contributed by atoms with van der Waals surface area (Å²) in [6.45, 7) is 0.190. The molecule has 2 aromatic carbocycles. The van der Waals surface area contributed by atoms with Crippen LogP contribution in [0.1, 0.15) is 5.56 Å². The van der Waals surface area contributed by atoms with Crippen molar-refractivity contribution >= 4 is 17.3 Å². The zero-order chi connectivity index (χ0) is 13.1. The molecule has 18 heavy (non-hydrogen) atoms. The van der Waals surface area contributed by atoms with Crippen molar-refractivity contribution in [2.24, 2.45) is 0 Å². The Labute approximate surface area is 107 Å². The number of nitrogens with one attached hydrogen (secondary N) is 1. The molecule has 2 aromatic rings. The summed E-state index contributed by atoms with van der Waals surface area (Å²) in [5, 5.41) is 2.88. The predicted molar refractivity (Wildman–Crippen MR) is 65.1 cm³/mol. The Morgan fingerprint density at radius 1 is 0.944 bits per heavy atom. The van der Waals surface area contributed by atoms with Gasteiger partial charge in [-0.3, -0.25) is 0 Å². The van der Waals surface area contributed by atoms with Crippen LogP contribution in [-0.4, -0.2) is 0 Å². The number of rotatable bonds is 3. The second-order valence-electron chi connectivity index (χ2n) is 3.76. The van der Waals surface area contributed by atoms with Gasteiger partial charge < -0.3 is 5.32 Å². The SMILES string of the molecule is Fc1cc(F)cc(CNc2ccc(Cl)c(F)c2)c1. The molecule has 0 heterocycles. The largest absolute Gasteiger partial charge is 0.381 e. The Morgan fingerprint density at radius 2 is 1.61 bits per heavy atom. The maximum atomic E-state index is 13.1. The molecule has 0 amide bonds. The van der Waals surface area contributed by atoms with Crippen LogP contribution in [0.25, 0.3) is 0 Å². The minimum absolute atomic E-state index is 0.0253. The van der Waals surface area contributed by atoms with Gasteiger partial charge in [0, 0.05) is 18.3 Å². The third-order valence-electron chi connectivity index (χ3n) is 2.34. The Morgan fingerprint density at radius 3 is 2.22 bits per heavy atom. The van der Waals surface area contributed by atoms with Crippen molar-refractivity contribution < 1.29 is 13.2 Å². The van der Waals surface area contributed by atoms with Crippen molar-refractivity contribution in [2.45, 2.75) is 6.54 Å². The normalized spacial score (nSPS) is 10.4. The molecule has 0 radical (unpaired) electrons. The van der Waals surface area contributed by atoms with Crippen molar-refractivity contribution in [3.63, 3.8) is 0 Å². The molecule has 0 saturated heterocycles. The smallest absolute Gasteiger partial charge is 0.143 e. The van der Waals surface area contributed by atoms with Gasteiger partial charge in [0.05, 0.1) is 5.02 Å². The van der Waals surface area contributed by atoms with Crippen LogP contribution in [0, 0.1) is 17.5 Å². The lowest BCUT2D eigenvalue weighted by molar-refractivity contribution is 0.580. The zero-order valence-corrected chi connectivity index (χ0v) is 9.94. The minimum atomic E-state index is -0.644.